The molecule has 6 rings (SSSR count). The van der Waals surface area contributed by atoms with E-state index < -0.39 is 0 Å². The molecule has 3 atom stereocenters. The van der Waals surface area contributed by atoms with Crippen LogP contribution < -0.4 is 4.74 Å². The Bertz CT molecular complexity index is 783. The summed E-state index contributed by atoms with van der Waals surface area (Å²) in [5, 5.41) is 3.42. The molecule has 4 nitrogen and oxygen atoms in total. The first-order chi connectivity index (χ1) is 12.7. The molecular weight excluding hydrogens is 342 g/mol. The standard InChI is InChI=1S/C21H27N3OS/c1-14-22-17(13-26-14)11-24-12-19(16-4-3-5-18(10-16)25-2)21-20(24)15-6-8-23(21)9-7-15/h3-5,10,13,15,19-21H,6-9,11-12H2,1-2H3/t19-,20-,21-/m1/s1. The van der Waals surface area contributed by atoms with Gasteiger partial charge in [-0.1, -0.05) is 12.1 Å². The second kappa shape index (κ2) is 6.63. The lowest BCUT2D eigenvalue weighted by atomic mass is 9.75. The zero-order valence-electron chi connectivity index (χ0n) is 15.6. The number of likely N-dealkylation sites (tertiary alicyclic amines) is 1. The van der Waals surface area contributed by atoms with Crippen molar-refractivity contribution in [2.45, 2.75) is 44.3 Å². The van der Waals surface area contributed by atoms with Crippen LogP contribution in [0.15, 0.2) is 29.6 Å². The van der Waals surface area contributed by atoms with E-state index in [2.05, 4.69) is 46.4 Å². The first-order valence-corrected chi connectivity index (χ1v) is 10.6. The third-order valence-corrected chi connectivity index (χ3v) is 7.47. The predicted octanol–water partition coefficient (Wildman–Crippen LogP) is 3.52. The molecule has 26 heavy (non-hydrogen) atoms. The van der Waals surface area contributed by atoms with Gasteiger partial charge in [0.1, 0.15) is 5.75 Å². The molecule has 0 spiro atoms. The van der Waals surface area contributed by atoms with Gasteiger partial charge in [-0.25, -0.2) is 4.98 Å². The Morgan fingerprint density at radius 1 is 1.23 bits per heavy atom. The average Bonchev–Trinajstić information content (AvgIpc) is 3.28. The Morgan fingerprint density at radius 2 is 2.08 bits per heavy atom. The van der Waals surface area contributed by atoms with Crippen LogP contribution in [0.25, 0.3) is 0 Å². The Hall–Kier alpha value is -1.43. The van der Waals surface area contributed by atoms with Crippen molar-refractivity contribution in [2.24, 2.45) is 5.92 Å². The number of ether oxygens (including phenoxy) is 1. The molecule has 0 radical (unpaired) electrons. The van der Waals surface area contributed by atoms with Gasteiger partial charge in [0.2, 0.25) is 0 Å². The van der Waals surface area contributed by atoms with Crippen molar-refractivity contribution >= 4 is 11.3 Å². The largest absolute Gasteiger partial charge is 0.497 e. The van der Waals surface area contributed by atoms with Crippen LogP contribution in [0.5, 0.6) is 5.75 Å². The van der Waals surface area contributed by atoms with E-state index in [4.69, 9.17) is 9.72 Å². The predicted molar refractivity (Wildman–Crippen MR) is 105 cm³/mol. The lowest BCUT2D eigenvalue weighted by Gasteiger charge is -2.51. The fourth-order valence-corrected chi connectivity index (χ4v) is 6.18. The van der Waals surface area contributed by atoms with Crippen LogP contribution in [0.1, 0.15) is 35.0 Å². The highest BCUT2D eigenvalue weighted by atomic mass is 32.1. The molecule has 4 saturated heterocycles. The van der Waals surface area contributed by atoms with Gasteiger partial charge in [-0.2, -0.15) is 0 Å². The number of nitrogens with zero attached hydrogens (tertiary/aromatic N) is 3. The minimum Gasteiger partial charge on any atom is -0.497 e. The fraction of sp³-hybridized carbons (Fsp3) is 0.571. The molecule has 0 N–H and O–H groups in total. The van der Waals surface area contributed by atoms with Gasteiger partial charge < -0.3 is 4.74 Å². The van der Waals surface area contributed by atoms with Gasteiger partial charge in [0, 0.05) is 36.5 Å². The van der Waals surface area contributed by atoms with Gasteiger partial charge in [-0.3, -0.25) is 9.80 Å². The quantitative estimate of drug-likeness (QED) is 0.824. The highest BCUT2D eigenvalue weighted by molar-refractivity contribution is 7.09. The number of hydrogen-bond acceptors (Lipinski definition) is 5. The summed E-state index contributed by atoms with van der Waals surface area (Å²) in [6.07, 6.45) is 2.72. The van der Waals surface area contributed by atoms with E-state index in [1.54, 1.807) is 18.4 Å². The molecule has 0 unspecified atom stereocenters. The summed E-state index contributed by atoms with van der Waals surface area (Å²) in [5.74, 6) is 2.39. The SMILES string of the molecule is COc1cccc([C@H]2CN(Cc3csc(C)n3)[C@@H]3C4CCN(CC4)[C@H]23)c1. The summed E-state index contributed by atoms with van der Waals surface area (Å²) < 4.78 is 5.50. The van der Waals surface area contributed by atoms with E-state index in [-0.39, 0.29) is 0 Å². The summed E-state index contributed by atoms with van der Waals surface area (Å²) in [6.45, 7) is 6.78. The average molecular weight is 370 g/mol. The first kappa shape index (κ1) is 16.7. The fourth-order valence-electron chi connectivity index (χ4n) is 5.58. The molecule has 1 aromatic heterocycles. The van der Waals surface area contributed by atoms with Crippen LogP contribution in [-0.4, -0.2) is 53.6 Å². The molecule has 5 heterocycles. The van der Waals surface area contributed by atoms with Crippen LogP contribution in [0.4, 0.5) is 0 Å². The number of methoxy groups -OCH3 is 1. The normalized spacial score (nSPS) is 33.4. The maximum absolute atomic E-state index is 5.50. The van der Waals surface area contributed by atoms with Crippen LogP contribution in [0, 0.1) is 12.8 Å². The van der Waals surface area contributed by atoms with Gasteiger partial charge in [-0.05, 0) is 56.5 Å². The number of hydrogen-bond donors (Lipinski definition) is 0. The highest BCUT2D eigenvalue weighted by Crippen LogP contribution is 2.47. The number of benzene rings is 1. The maximum atomic E-state index is 5.50. The minimum atomic E-state index is 0.568. The first-order valence-electron chi connectivity index (χ1n) is 9.76. The molecule has 5 heteroatoms. The molecule has 0 saturated carbocycles. The van der Waals surface area contributed by atoms with Gasteiger partial charge in [-0.15, -0.1) is 11.3 Å². The molecule has 2 bridgehead atoms. The smallest absolute Gasteiger partial charge is 0.119 e. The number of rotatable bonds is 4. The number of aromatic nitrogens is 1. The van der Waals surface area contributed by atoms with Crippen LogP contribution in [0.2, 0.25) is 0 Å². The van der Waals surface area contributed by atoms with E-state index in [1.165, 1.54) is 42.2 Å². The number of thiazole rings is 1. The molecule has 2 aromatic rings. The molecule has 4 aliphatic rings. The topological polar surface area (TPSA) is 28.6 Å². The molecule has 4 fully saturated rings. The van der Waals surface area contributed by atoms with Crippen molar-refractivity contribution in [1.29, 1.82) is 0 Å². The van der Waals surface area contributed by atoms with Crippen molar-refractivity contribution < 1.29 is 4.74 Å². The Kier molecular flexibility index (Phi) is 4.26. The second-order valence-electron chi connectivity index (χ2n) is 8.02. The molecule has 138 valence electrons. The lowest BCUT2D eigenvalue weighted by molar-refractivity contribution is -0.00895. The summed E-state index contributed by atoms with van der Waals surface area (Å²) in [6, 6.07) is 10.1. The van der Waals surface area contributed by atoms with Crippen LogP contribution in [0.3, 0.4) is 0 Å². The molecule has 1 aromatic carbocycles. The zero-order chi connectivity index (χ0) is 17.7. The van der Waals surface area contributed by atoms with Crippen molar-refractivity contribution in [1.82, 2.24) is 14.8 Å². The monoisotopic (exact) mass is 369 g/mol. The van der Waals surface area contributed by atoms with Gasteiger partial charge in [0.15, 0.2) is 0 Å². The highest BCUT2D eigenvalue weighted by Gasteiger charge is 2.53. The molecule has 0 aliphatic carbocycles. The van der Waals surface area contributed by atoms with Crippen molar-refractivity contribution in [2.75, 3.05) is 26.7 Å². The van der Waals surface area contributed by atoms with Crippen LogP contribution >= 0.6 is 11.3 Å². The molecular formula is C21H27N3OS. The third kappa shape index (κ3) is 2.77. The van der Waals surface area contributed by atoms with Gasteiger partial charge >= 0.3 is 0 Å². The zero-order valence-corrected chi connectivity index (χ0v) is 16.4. The summed E-state index contributed by atoms with van der Waals surface area (Å²) in [7, 11) is 1.76. The van der Waals surface area contributed by atoms with Crippen molar-refractivity contribution in [3.63, 3.8) is 0 Å². The summed E-state index contributed by atoms with van der Waals surface area (Å²) in [4.78, 5) is 10.2. The van der Waals surface area contributed by atoms with Gasteiger partial charge in [0.05, 0.1) is 17.8 Å². The van der Waals surface area contributed by atoms with E-state index in [0.29, 0.717) is 18.0 Å². The Morgan fingerprint density at radius 3 is 2.81 bits per heavy atom. The van der Waals surface area contributed by atoms with Crippen molar-refractivity contribution in [3.8, 4) is 5.75 Å². The second-order valence-corrected chi connectivity index (χ2v) is 9.09. The van der Waals surface area contributed by atoms with E-state index >= 15 is 0 Å². The van der Waals surface area contributed by atoms with E-state index in [9.17, 15) is 0 Å². The van der Waals surface area contributed by atoms with Crippen molar-refractivity contribution in [3.05, 3.63) is 45.9 Å². The summed E-state index contributed by atoms with van der Waals surface area (Å²) >= 11 is 1.77. The molecule has 4 aliphatic heterocycles. The lowest BCUT2D eigenvalue weighted by Crippen LogP contribution is -2.60. The third-order valence-electron chi connectivity index (χ3n) is 6.65. The number of piperidine rings is 3. The van der Waals surface area contributed by atoms with Gasteiger partial charge in [0.25, 0.3) is 0 Å². The maximum Gasteiger partial charge on any atom is 0.119 e. The number of fused-ring (bicyclic) bond motifs is 2. The van der Waals surface area contributed by atoms with E-state index in [0.717, 1.165) is 24.8 Å². The Balaban J connectivity index is 1.48. The number of aryl methyl sites for hydroxylation is 1. The van der Waals surface area contributed by atoms with E-state index in [1.807, 2.05) is 0 Å². The van der Waals surface area contributed by atoms with Crippen LogP contribution in [-0.2, 0) is 6.54 Å². The Labute approximate surface area is 159 Å². The summed E-state index contributed by atoms with van der Waals surface area (Å²) in [5.41, 5.74) is 2.68. The minimum absolute atomic E-state index is 0.568. The molecule has 0 amide bonds.